The molecule has 0 aromatic heterocycles. The number of carbonyl (C=O) groups excluding carboxylic acids is 2. The molecule has 1 aliphatic rings. The van der Waals surface area contributed by atoms with Gasteiger partial charge in [0.25, 0.3) is 0 Å². The molecule has 0 spiro atoms. The Morgan fingerprint density at radius 2 is 1.93 bits per heavy atom. The molecule has 1 aliphatic carbocycles. The van der Waals surface area contributed by atoms with Gasteiger partial charge in [-0.3, -0.25) is 9.59 Å². The van der Waals surface area contributed by atoms with E-state index in [2.05, 4.69) is 5.32 Å². The normalized spacial score (nSPS) is 13.2. The number of esters is 1. The van der Waals surface area contributed by atoms with Crippen molar-refractivity contribution in [3.05, 3.63) is 53.3 Å². The molecule has 0 radical (unpaired) electrons. The van der Waals surface area contributed by atoms with Gasteiger partial charge in [-0.1, -0.05) is 12.1 Å². The smallest absolute Gasteiger partial charge is 0.310 e. The van der Waals surface area contributed by atoms with Crippen LogP contribution in [0.2, 0.25) is 0 Å². The van der Waals surface area contributed by atoms with E-state index in [1.165, 1.54) is 12.1 Å². The van der Waals surface area contributed by atoms with Crippen LogP contribution in [-0.4, -0.2) is 32.0 Å². The second kappa shape index (κ2) is 10.3. The fraction of sp³-hybridized carbons (Fsp3) is 0.417. The number of halogens is 1. The van der Waals surface area contributed by atoms with Crippen molar-refractivity contribution >= 4 is 11.8 Å². The minimum atomic E-state index is -0.328. The molecule has 0 amide bonds. The molecule has 0 bridgehead atoms. The van der Waals surface area contributed by atoms with Crippen LogP contribution in [0.4, 0.5) is 4.39 Å². The van der Waals surface area contributed by atoms with Crippen LogP contribution in [0.1, 0.15) is 37.3 Å². The van der Waals surface area contributed by atoms with Gasteiger partial charge in [-0.05, 0) is 60.7 Å². The first-order valence-corrected chi connectivity index (χ1v) is 10.4. The molecule has 30 heavy (non-hydrogen) atoms. The topological polar surface area (TPSA) is 64.6 Å². The third kappa shape index (κ3) is 5.89. The van der Waals surface area contributed by atoms with Gasteiger partial charge in [-0.15, -0.1) is 0 Å². The van der Waals surface area contributed by atoms with E-state index in [1.807, 2.05) is 12.1 Å². The number of nitrogens with one attached hydrogen (secondary N) is 1. The number of ether oxygens (including phenoxy) is 2. The van der Waals surface area contributed by atoms with Crippen LogP contribution < -0.4 is 10.1 Å². The summed E-state index contributed by atoms with van der Waals surface area (Å²) in [7, 11) is 1.58. The first-order chi connectivity index (χ1) is 14.5. The van der Waals surface area contributed by atoms with Crippen LogP contribution in [0.3, 0.4) is 0 Å². The summed E-state index contributed by atoms with van der Waals surface area (Å²) in [4.78, 5) is 23.7. The van der Waals surface area contributed by atoms with E-state index in [0.29, 0.717) is 37.6 Å². The van der Waals surface area contributed by atoms with Crippen molar-refractivity contribution in [2.75, 3.05) is 20.3 Å². The molecule has 160 valence electrons. The highest BCUT2D eigenvalue weighted by molar-refractivity contribution is 5.83. The molecule has 2 aromatic carbocycles. The number of benzene rings is 2. The van der Waals surface area contributed by atoms with E-state index < -0.39 is 0 Å². The first-order valence-electron chi connectivity index (χ1n) is 10.4. The quantitative estimate of drug-likeness (QED) is 0.444. The van der Waals surface area contributed by atoms with Gasteiger partial charge < -0.3 is 14.8 Å². The highest BCUT2D eigenvalue weighted by Crippen LogP contribution is 2.34. The maximum atomic E-state index is 14.0. The van der Waals surface area contributed by atoms with Crippen molar-refractivity contribution < 1.29 is 23.5 Å². The number of Topliss-reactive ketones (excluding diaryl/α,β-unsaturated/α-hetero) is 1. The lowest BCUT2D eigenvalue weighted by Crippen LogP contribution is -2.19. The third-order valence-corrected chi connectivity index (χ3v) is 5.17. The molecule has 0 unspecified atom stereocenters. The monoisotopic (exact) mass is 413 g/mol. The van der Waals surface area contributed by atoms with Crippen LogP contribution in [0.15, 0.2) is 36.4 Å². The van der Waals surface area contributed by atoms with Gasteiger partial charge in [0.2, 0.25) is 0 Å². The van der Waals surface area contributed by atoms with E-state index in [0.717, 1.165) is 35.1 Å². The molecule has 0 saturated heterocycles. The second-order valence-electron chi connectivity index (χ2n) is 7.49. The Bertz CT molecular complexity index is 908. The number of hydrogen-bond acceptors (Lipinski definition) is 5. The van der Waals surface area contributed by atoms with E-state index in [9.17, 15) is 14.0 Å². The van der Waals surface area contributed by atoms with Crippen molar-refractivity contribution in [2.45, 2.75) is 39.2 Å². The standard InChI is InChI=1S/C24H28FNO4/c1-3-30-24(28)13-16-4-9-23(29-2)21(12-16)20-8-7-19(25)14-18(20)15-26-11-10-22(27)17-5-6-17/h4,7-9,12,14,17,26H,3,5-6,10-11,13,15H2,1-2H3. The summed E-state index contributed by atoms with van der Waals surface area (Å²) < 4.78 is 24.5. The maximum absolute atomic E-state index is 14.0. The molecule has 0 aliphatic heterocycles. The first kappa shape index (κ1) is 22.0. The largest absolute Gasteiger partial charge is 0.496 e. The molecule has 5 nitrogen and oxygen atoms in total. The van der Waals surface area contributed by atoms with Crippen LogP contribution in [0.25, 0.3) is 11.1 Å². The second-order valence-corrected chi connectivity index (χ2v) is 7.49. The van der Waals surface area contributed by atoms with Gasteiger partial charge >= 0.3 is 5.97 Å². The lowest BCUT2D eigenvalue weighted by Gasteiger charge is -2.15. The average Bonchev–Trinajstić information content (AvgIpc) is 3.57. The van der Waals surface area contributed by atoms with Crippen LogP contribution in [0, 0.1) is 11.7 Å². The molecule has 3 rings (SSSR count). The molecule has 1 saturated carbocycles. The van der Waals surface area contributed by atoms with Crippen molar-refractivity contribution in [3.8, 4) is 16.9 Å². The van der Waals surface area contributed by atoms with Crippen LogP contribution >= 0.6 is 0 Å². The molecular weight excluding hydrogens is 385 g/mol. The zero-order valence-corrected chi connectivity index (χ0v) is 17.5. The number of methoxy groups -OCH3 is 1. The van der Waals surface area contributed by atoms with Gasteiger partial charge in [-0.25, -0.2) is 4.39 Å². The van der Waals surface area contributed by atoms with Gasteiger partial charge in [0, 0.05) is 31.0 Å². The molecule has 0 atom stereocenters. The predicted molar refractivity (Wildman–Crippen MR) is 113 cm³/mol. The van der Waals surface area contributed by atoms with E-state index in [4.69, 9.17) is 9.47 Å². The summed E-state index contributed by atoms with van der Waals surface area (Å²) in [6.07, 6.45) is 2.67. The summed E-state index contributed by atoms with van der Waals surface area (Å²) in [5.41, 5.74) is 3.16. The summed E-state index contributed by atoms with van der Waals surface area (Å²) in [6, 6.07) is 10.1. The number of hydrogen-bond donors (Lipinski definition) is 1. The van der Waals surface area contributed by atoms with Crippen molar-refractivity contribution in [2.24, 2.45) is 5.92 Å². The molecular formula is C24H28FNO4. The summed E-state index contributed by atoms with van der Waals surface area (Å²) in [5.74, 6) is 0.568. The Hall–Kier alpha value is -2.73. The third-order valence-electron chi connectivity index (χ3n) is 5.17. The Kier molecular flexibility index (Phi) is 7.57. The van der Waals surface area contributed by atoms with E-state index in [-0.39, 0.29) is 24.1 Å². The Morgan fingerprint density at radius 3 is 2.63 bits per heavy atom. The Labute approximate surface area is 176 Å². The molecule has 1 fully saturated rings. The lowest BCUT2D eigenvalue weighted by molar-refractivity contribution is -0.142. The van der Waals surface area contributed by atoms with Crippen molar-refractivity contribution in [1.29, 1.82) is 0 Å². The highest BCUT2D eigenvalue weighted by Gasteiger charge is 2.28. The number of carbonyl (C=O) groups is 2. The lowest BCUT2D eigenvalue weighted by atomic mass is 9.96. The fourth-order valence-electron chi connectivity index (χ4n) is 3.47. The molecule has 2 aromatic rings. The van der Waals surface area contributed by atoms with E-state index in [1.54, 1.807) is 26.2 Å². The summed E-state index contributed by atoms with van der Waals surface area (Å²) in [6.45, 7) is 3.09. The zero-order valence-electron chi connectivity index (χ0n) is 17.5. The number of ketones is 1. The predicted octanol–water partition coefficient (Wildman–Crippen LogP) is 4.07. The van der Waals surface area contributed by atoms with E-state index >= 15 is 0 Å². The van der Waals surface area contributed by atoms with Crippen molar-refractivity contribution in [1.82, 2.24) is 5.32 Å². The maximum Gasteiger partial charge on any atom is 0.310 e. The summed E-state index contributed by atoms with van der Waals surface area (Å²) in [5, 5.41) is 3.25. The molecule has 0 heterocycles. The fourth-order valence-corrected chi connectivity index (χ4v) is 3.47. The molecule has 1 N–H and O–H groups in total. The summed E-state index contributed by atoms with van der Waals surface area (Å²) >= 11 is 0. The van der Waals surface area contributed by atoms with Gasteiger partial charge in [-0.2, -0.15) is 0 Å². The minimum Gasteiger partial charge on any atom is -0.496 e. The van der Waals surface area contributed by atoms with Gasteiger partial charge in [0.15, 0.2) is 0 Å². The zero-order chi connectivity index (χ0) is 21.5. The Balaban J connectivity index is 1.79. The molecule has 6 heteroatoms. The number of rotatable bonds is 11. The van der Waals surface area contributed by atoms with Crippen LogP contribution in [-0.2, 0) is 27.3 Å². The van der Waals surface area contributed by atoms with Crippen molar-refractivity contribution in [3.63, 3.8) is 0 Å². The highest BCUT2D eigenvalue weighted by atomic mass is 19.1. The minimum absolute atomic E-state index is 0.156. The van der Waals surface area contributed by atoms with Gasteiger partial charge in [0.05, 0.1) is 20.1 Å². The average molecular weight is 413 g/mol. The SMILES string of the molecule is CCOC(=O)Cc1ccc(OC)c(-c2ccc(F)cc2CNCCC(=O)C2CC2)c1. The van der Waals surface area contributed by atoms with Gasteiger partial charge in [0.1, 0.15) is 17.3 Å². The van der Waals surface area contributed by atoms with Crippen LogP contribution in [0.5, 0.6) is 5.75 Å². The Morgan fingerprint density at radius 1 is 1.13 bits per heavy atom.